The van der Waals surface area contributed by atoms with E-state index in [2.05, 4.69) is 10.2 Å². The Balaban J connectivity index is 2.61. The molecule has 0 aromatic heterocycles. The molecule has 122 valence electrons. The zero-order valence-corrected chi connectivity index (χ0v) is 13.3. The topological polar surface area (TPSA) is 89.9 Å². The highest BCUT2D eigenvalue weighted by Gasteiger charge is 2.30. The molecular weight excluding hydrogens is 272 g/mol. The number of amides is 1. The van der Waals surface area contributed by atoms with Crippen LogP contribution in [0.1, 0.15) is 40.0 Å². The predicted octanol–water partition coefficient (Wildman–Crippen LogP) is 0.696. The summed E-state index contributed by atoms with van der Waals surface area (Å²) in [5.41, 5.74) is -0.435. The number of piperidine rings is 1. The summed E-state index contributed by atoms with van der Waals surface area (Å²) in [7, 11) is 0. The number of carboxylic acids is 1. The first-order valence-electron chi connectivity index (χ1n) is 7.58. The van der Waals surface area contributed by atoms with Gasteiger partial charge in [0, 0.05) is 37.5 Å². The molecule has 0 aromatic carbocycles. The first kappa shape index (κ1) is 17.9. The van der Waals surface area contributed by atoms with Gasteiger partial charge in [0.25, 0.3) is 0 Å². The molecular formula is C15H28N2O4. The highest BCUT2D eigenvalue weighted by atomic mass is 16.4. The Bertz CT molecular complexity index is 365. The zero-order valence-electron chi connectivity index (χ0n) is 13.3. The van der Waals surface area contributed by atoms with Crippen LogP contribution in [-0.2, 0) is 9.59 Å². The van der Waals surface area contributed by atoms with Gasteiger partial charge in [-0.25, -0.2) is 0 Å². The largest absolute Gasteiger partial charge is 0.481 e. The number of hydrogen-bond acceptors (Lipinski definition) is 4. The molecule has 0 bridgehead atoms. The Morgan fingerprint density at radius 2 is 1.95 bits per heavy atom. The summed E-state index contributed by atoms with van der Waals surface area (Å²) >= 11 is 0. The number of nitrogens with zero attached hydrogens (tertiary/aromatic N) is 1. The van der Waals surface area contributed by atoms with Crippen molar-refractivity contribution in [2.75, 3.05) is 26.2 Å². The van der Waals surface area contributed by atoms with Crippen LogP contribution in [0.2, 0.25) is 0 Å². The highest BCUT2D eigenvalue weighted by Crippen LogP contribution is 2.22. The van der Waals surface area contributed by atoms with E-state index in [0.29, 0.717) is 19.5 Å². The fourth-order valence-corrected chi connectivity index (χ4v) is 2.67. The maximum absolute atomic E-state index is 12.1. The molecule has 2 atom stereocenters. The summed E-state index contributed by atoms with van der Waals surface area (Å²) in [5.74, 6) is -0.536. The average Bonchev–Trinajstić information content (AvgIpc) is 2.35. The van der Waals surface area contributed by atoms with Crippen molar-refractivity contribution in [2.24, 2.45) is 11.3 Å². The Morgan fingerprint density at radius 1 is 1.29 bits per heavy atom. The quantitative estimate of drug-likeness (QED) is 0.672. The molecule has 1 heterocycles. The van der Waals surface area contributed by atoms with Crippen LogP contribution >= 0.6 is 0 Å². The third-order valence-electron chi connectivity index (χ3n) is 3.81. The second-order valence-electron chi connectivity index (χ2n) is 6.94. The van der Waals surface area contributed by atoms with Gasteiger partial charge < -0.3 is 15.5 Å². The van der Waals surface area contributed by atoms with Gasteiger partial charge in [-0.05, 0) is 18.8 Å². The van der Waals surface area contributed by atoms with E-state index in [1.807, 2.05) is 20.8 Å². The highest BCUT2D eigenvalue weighted by molar-refractivity contribution is 5.81. The third-order valence-corrected chi connectivity index (χ3v) is 3.81. The van der Waals surface area contributed by atoms with E-state index < -0.39 is 11.4 Å². The van der Waals surface area contributed by atoms with Crippen molar-refractivity contribution < 1.29 is 19.8 Å². The van der Waals surface area contributed by atoms with Crippen LogP contribution in [0.4, 0.5) is 0 Å². The van der Waals surface area contributed by atoms with Crippen molar-refractivity contribution >= 4 is 11.9 Å². The van der Waals surface area contributed by atoms with Gasteiger partial charge in [0.05, 0.1) is 6.61 Å². The van der Waals surface area contributed by atoms with Crippen molar-refractivity contribution in [3.05, 3.63) is 0 Å². The van der Waals surface area contributed by atoms with Gasteiger partial charge in [0.1, 0.15) is 0 Å². The molecule has 3 N–H and O–H groups in total. The van der Waals surface area contributed by atoms with Crippen molar-refractivity contribution in [3.8, 4) is 0 Å². The number of nitrogens with one attached hydrogen (secondary N) is 1. The Kier molecular flexibility index (Phi) is 6.61. The van der Waals surface area contributed by atoms with Gasteiger partial charge in [0.15, 0.2) is 0 Å². The van der Waals surface area contributed by atoms with Gasteiger partial charge >= 0.3 is 5.97 Å². The van der Waals surface area contributed by atoms with Crippen LogP contribution in [0.3, 0.4) is 0 Å². The van der Waals surface area contributed by atoms with Crippen LogP contribution < -0.4 is 5.32 Å². The number of hydrogen-bond donors (Lipinski definition) is 3. The molecule has 0 saturated carbocycles. The van der Waals surface area contributed by atoms with E-state index in [1.54, 1.807) is 0 Å². The number of aliphatic carboxylic acids is 1. The lowest BCUT2D eigenvalue weighted by molar-refractivity contribution is -0.137. The fourth-order valence-electron chi connectivity index (χ4n) is 2.67. The Hall–Kier alpha value is -1.14. The smallest absolute Gasteiger partial charge is 0.303 e. The van der Waals surface area contributed by atoms with Crippen molar-refractivity contribution in [3.63, 3.8) is 0 Å². The summed E-state index contributed by atoms with van der Waals surface area (Å²) in [4.78, 5) is 24.9. The average molecular weight is 300 g/mol. The summed E-state index contributed by atoms with van der Waals surface area (Å²) < 4.78 is 0. The maximum Gasteiger partial charge on any atom is 0.303 e. The summed E-state index contributed by atoms with van der Waals surface area (Å²) in [6.45, 7) is 7.76. The van der Waals surface area contributed by atoms with Crippen LogP contribution in [0, 0.1) is 11.3 Å². The molecule has 0 spiro atoms. The second-order valence-corrected chi connectivity index (χ2v) is 6.94. The molecule has 0 radical (unpaired) electrons. The van der Waals surface area contributed by atoms with Crippen molar-refractivity contribution in [1.82, 2.24) is 10.2 Å². The Morgan fingerprint density at radius 3 is 2.48 bits per heavy atom. The number of carbonyl (C=O) groups is 2. The molecule has 1 amide bonds. The van der Waals surface area contributed by atoms with Gasteiger partial charge in [-0.2, -0.15) is 0 Å². The number of rotatable bonds is 6. The van der Waals surface area contributed by atoms with Gasteiger partial charge in [-0.3, -0.25) is 14.5 Å². The van der Waals surface area contributed by atoms with Crippen molar-refractivity contribution in [2.45, 2.75) is 46.1 Å². The molecule has 6 heteroatoms. The van der Waals surface area contributed by atoms with Gasteiger partial charge in [0.2, 0.25) is 5.91 Å². The van der Waals surface area contributed by atoms with Crippen molar-refractivity contribution in [1.29, 1.82) is 0 Å². The molecule has 1 rings (SSSR count). The van der Waals surface area contributed by atoms with Gasteiger partial charge in [-0.15, -0.1) is 0 Å². The van der Waals surface area contributed by atoms with E-state index in [1.165, 1.54) is 0 Å². The minimum absolute atomic E-state index is 0.00957. The van der Waals surface area contributed by atoms with Crippen LogP contribution in [0.25, 0.3) is 0 Å². The van der Waals surface area contributed by atoms with E-state index >= 15 is 0 Å². The number of aliphatic hydroxyl groups is 1. The first-order valence-corrected chi connectivity index (χ1v) is 7.58. The van der Waals surface area contributed by atoms with Crippen LogP contribution in [-0.4, -0.2) is 59.3 Å². The van der Waals surface area contributed by atoms with Crippen LogP contribution in [0.15, 0.2) is 0 Å². The van der Waals surface area contributed by atoms with Gasteiger partial charge in [-0.1, -0.05) is 20.8 Å². The lowest BCUT2D eigenvalue weighted by atomic mass is 9.89. The standard InChI is InChI=1S/C15H28N2O4/c1-15(2,3)14(21)16-12-8-11(4-5-13(19)20)9-17(10-12)6-7-18/h11-12,18H,4-10H2,1-3H3,(H,16,21)(H,19,20). The fraction of sp³-hybridized carbons (Fsp3) is 0.867. The molecule has 1 saturated heterocycles. The molecule has 6 nitrogen and oxygen atoms in total. The maximum atomic E-state index is 12.1. The molecule has 0 aliphatic carbocycles. The van der Waals surface area contributed by atoms with E-state index in [4.69, 9.17) is 10.2 Å². The van der Waals surface area contributed by atoms with E-state index in [-0.39, 0.29) is 30.9 Å². The molecule has 1 aliphatic rings. The number of β-amino-alcohol motifs (C(OH)–C–C–N with tert-alkyl or cyclic N) is 1. The molecule has 21 heavy (non-hydrogen) atoms. The first-order chi connectivity index (χ1) is 9.72. The normalized spacial score (nSPS) is 23.8. The second kappa shape index (κ2) is 7.75. The number of aliphatic hydroxyl groups excluding tert-OH is 1. The lowest BCUT2D eigenvalue weighted by Crippen LogP contribution is -2.53. The molecule has 2 unspecified atom stereocenters. The number of likely N-dealkylation sites (tertiary alicyclic amines) is 1. The molecule has 1 aliphatic heterocycles. The number of carboxylic acid groups (broad SMARTS) is 1. The molecule has 0 aromatic rings. The minimum Gasteiger partial charge on any atom is -0.481 e. The summed E-state index contributed by atoms with van der Waals surface area (Å²) in [5, 5.41) is 21.0. The van der Waals surface area contributed by atoms with E-state index in [9.17, 15) is 9.59 Å². The SMILES string of the molecule is CC(C)(C)C(=O)NC1CC(CCC(=O)O)CN(CCO)C1. The Labute approximate surface area is 126 Å². The minimum atomic E-state index is -0.787. The summed E-state index contributed by atoms with van der Waals surface area (Å²) in [6, 6.07) is 0.0239. The zero-order chi connectivity index (χ0) is 16.0. The number of carbonyl (C=O) groups excluding carboxylic acids is 1. The van der Waals surface area contributed by atoms with E-state index in [0.717, 1.165) is 13.0 Å². The summed E-state index contributed by atoms with van der Waals surface area (Å²) in [6.07, 6.45) is 1.56. The molecule has 1 fully saturated rings. The van der Waals surface area contributed by atoms with Crippen LogP contribution in [0.5, 0.6) is 0 Å². The third kappa shape index (κ3) is 6.44. The lowest BCUT2D eigenvalue weighted by Gasteiger charge is -2.38. The monoisotopic (exact) mass is 300 g/mol. The predicted molar refractivity (Wildman–Crippen MR) is 79.9 cm³/mol.